The van der Waals surface area contributed by atoms with Crippen LogP contribution in [-0.4, -0.2) is 22.0 Å². The van der Waals surface area contributed by atoms with Crippen molar-refractivity contribution in [3.8, 4) is 22.8 Å². The third-order valence-electron chi connectivity index (χ3n) is 2.84. The number of halogens is 1. The van der Waals surface area contributed by atoms with Crippen molar-refractivity contribution in [2.24, 2.45) is 7.05 Å². The van der Waals surface area contributed by atoms with Crippen molar-refractivity contribution < 1.29 is 9.84 Å². The molecular weight excluding hydrogens is 298 g/mol. The number of nitrogens with two attached hydrogens (primary N) is 1. The van der Waals surface area contributed by atoms with E-state index in [9.17, 15) is 5.11 Å². The summed E-state index contributed by atoms with van der Waals surface area (Å²) in [7, 11) is 3.27. The first-order valence-electron chi connectivity index (χ1n) is 5.31. The Morgan fingerprint density at radius 3 is 2.61 bits per heavy atom. The van der Waals surface area contributed by atoms with Crippen molar-refractivity contribution >= 4 is 21.7 Å². The summed E-state index contributed by atoms with van der Waals surface area (Å²) in [6, 6.07) is 3.51. The summed E-state index contributed by atoms with van der Waals surface area (Å²) in [5, 5.41) is 14.5. The molecule has 0 saturated heterocycles. The zero-order valence-corrected chi connectivity index (χ0v) is 11.9. The standard InChI is InChI=1S/C12H14BrN3O2/c1-6-8(13)4-7(11(17)12(6)18-3)9-5-10(14)16(2)15-9/h4-5,17H,14H2,1-3H3. The molecule has 3 N–H and O–H groups in total. The lowest BCUT2D eigenvalue weighted by atomic mass is 10.1. The van der Waals surface area contributed by atoms with E-state index >= 15 is 0 Å². The third-order valence-corrected chi connectivity index (χ3v) is 3.66. The van der Waals surface area contributed by atoms with Gasteiger partial charge in [-0.2, -0.15) is 5.10 Å². The van der Waals surface area contributed by atoms with E-state index in [1.54, 1.807) is 23.9 Å². The van der Waals surface area contributed by atoms with Gasteiger partial charge in [-0.05, 0) is 13.0 Å². The van der Waals surface area contributed by atoms with Gasteiger partial charge < -0.3 is 15.6 Å². The molecule has 0 spiro atoms. The zero-order valence-electron chi connectivity index (χ0n) is 10.4. The van der Waals surface area contributed by atoms with E-state index in [2.05, 4.69) is 21.0 Å². The molecule has 6 heteroatoms. The fraction of sp³-hybridized carbons (Fsp3) is 0.250. The largest absolute Gasteiger partial charge is 0.504 e. The van der Waals surface area contributed by atoms with Crippen LogP contribution < -0.4 is 10.5 Å². The second-order valence-electron chi connectivity index (χ2n) is 3.99. The Hall–Kier alpha value is -1.69. The molecule has 0 aliphatic carbocycles. The molecule has 1 aromatic heterocycles. The number of hydrogen-bond acceptors (Lipinski definition) is 4. The number of phenolic OH excluding ortho intramolecular Hbond substituents is 1. The van der Waals surface area contributed by atoms with Crippen molar-refractivity contribution in [2.45, 2.75) is 6.92 Å². The summed E-state index contributed by atoms with van der Waals surface area (Å²) < 4.78 is 7.60. The molecule has 0 radical (unpaired) electrons. The fourth-order valence-electron chi connectivity index (χ4n) is 1.77. The molecule has 0 atom stereocenters. The smallest absolute Gasteiger partial charge is 0.167 e. The Morgan fingerprint density at radius 1 is 1.44 bits per heavy atom. The number of hydrogen-bond donors (Lipinski definition) is 2. The highest BCUT2D eigenvalue weighted by Crippen LogP contribution is 2.42. The SMILES string of the molecule is COc1c(C)c(Br)cc(-c2cc(N)n(C)n2)c1O. The number of aromatic hydroxyl groups is 1. The number of benzene rings is 1. The van der Waals surface area contributed by atoms with Crippen molar-refractivity contribution in [3.63, 3.8) is 0 Å². The quantitative estimate of drug-likeness (QED) is 0.893. The number of anilines is 1. The summed E-state index contributed by atoms with van der Waals surface area (Å²) in [4.78, 5) is 0. The average molecular weight is 312 g/mol. The maximum atomic E-state index is 10.2. The van der Waals surface area contributed by atoms with Crippen molar-refractivity contribution in [3.05, 3.63) is 22.2 Å². The van der Waals surface area contributed by atoms with Crippen molar-refractivity contribution in [1.82, 2.24) is 9.78 Å². The number of ether oxygens (including phenoxy) is 1. The monoisotopic (exact) mass is 311 g/mol. The molecule has 1 aromatic carbocycles. The summed E-state index contributed by atoms with van der Waals surface area (Å²) in [6.07, 6.45) is 0. The molecule has 5 nitrogen and oxygen atoms in total. The number of nitrogen functional groups attached to an aromatic ring is 1. The maximum Gasteiger partial charge on any atom is 0.167 e. The molecule has 0 aliphatic heterocycles. The van der Waals surface area contributed by atoms with E-state index in [1.807, 2.05) is 6.92 Å². The van der Waals surface area contributed by atoms with Gasteiger partial charge in [-0.1, -0.05) is 15.9 Å². The summed E-state index contributed by atoms with van der Waals surface area (Å²) in [5.41, 5.74) is 7.76. The van der Waals surface area contributed by atoms with E-state index in [0.717, 1.165) is 10.0 Å². The van der Waals surface area contributed by atoms with Gasteiger partial charge in [-0.25, -0.2) is 0 Å². The fourth-order valence-corrected chi connectivity index (χ4v) is 2.18. The molecule has 1 heterocycles. The average Bonchev–Trinajstić information content (AvgIpc) is 2.65. The number of methoxy groups -OCH3 is 1. The van der Waals surface area contributed by atoms with Gasteiger partial charge in [-0.15, -0.1) is 0 Å². The van der Waals surface area contributed by atoms with E-state index in [4.69, 9.17) is 10.5 Å². The Balaban J connectivity index is 2.68. The third kappa shape index (κ3) is 1.92. The van der Waals surface area contributed by atoms with Gasteiger partial charge in [-0.3, -0.25) is 4.68 Å². The molecular formula is C12H14BrN3O2. The van der Waals surface area contributed by atoms with Gasteiger partial charge in [0.1, 0.15) is 5.82 Å². The van der Waals surface area contributed by atoms with E-state index in [1.165, 1.54) is 7.11 Å². The molecule has 2 aromatic rings. The summed E-state index contributed by atoms with van der Waals surface area (Å²) in [5.74, 6) is 1.03. The Kier molecular flexibility index (Phi) is 3.21. The van der Waals surface area contributed by atoms with Crippen LogP contribution in [0.3, 0.4) is 0 Å². The Morgan fingerprint density at radius 2 is 2.11 bits per heavy atom. The van der Waals surface area contributed by atoms with Crippen LogP contribution in [-0.2, 0) is 7.05 Å². The minimum atomic E-state index is 0.0660. The van der Waals surface area contributed by atoms with Crippen LogP contribution >= 0.6 is 15.9 Å². The van der Waals surface area contributed by atoms with Crippen LogP contribution in [0.4, 0.5) is 5.82 Å². The van der Waals surface area contributed by atoms with Gasteiger partial charge in [0.25, 0.3) is 0 Å². The van der Waals surface area contributed by atoms with Crippen LogP contribution in [0.5, 0.6) is 11.5 Å². The highest BCUT2D eigenvalue weighted by molar-refractivity contribution is 9.10. The molecule has 0 amide bonds. The van der Waals surface area contributed by atoms with Gasteiger partial charge >= 0.3 is 0 Å². The van der Waals surface area contributed by atoms with Gasteiger partial charge in [0.15, 0.2) is 11.5 Å². The molecule has 96 valence electrons. The second-order valence-corrected chi connectivity index (χ2v) is 4.85. The van der Waals surface area contributed by atoms with Gasteiger partial charge in [0.05, 0.1) is 12.8 Å². The highest BCUT2D eigenvalue weighted by Gasteiger charge is 2.18. The minimum absolute atomic E-state index is 0.0660. The van der Waals surface area contributed by atoms with Crippen LogP contribution in [0.15, 0.2) is 16.6 Å². The molecule has 0 saturated carbocycles. The van der Waals surface area contributed by atoms with Crippen LogP contribution in [0.1, 0.15) is 5.56 Å². The number of nitrogens with zero attached hydrogens (tertiary/aromatic N) is 2. The van der Waals surface area contributed by atoms with Crippen LogP contribution in [0.2, 0.25) is 0 Å². The zero-order chi connectivity index (χ0) is 13.4. The van der Waals surface area contributed by atoms with E-state index in [-0.39, 0.29) is 5.75 Å². The Bertz CT molecular complexity index is 588. The molecule has 0 aliphatic rings. The lowest BCUT2D eigenvalue weighted by Gasteiger charge is -2.12. The normalized spacial score (nSPS) is 10.7. The van der Waals surface area contributed by atoms with E-state index in [0.29, 0.717) is 22.8 Å². The molecule has 18 heavy (non-hydrogen) atoms. The molecule has 0 fully saturated rings. The molecule has 0 bridgehead atoms. The maximum absolute atomic E-state index is 10.2. The van der Waals surface area contributed by atoms with Crippen LogP contribution in [0, 0.1) is 6.92 Å². The number of aromatic nitrogens is 2. The van der Waals surface area contributed by atoms with Crippen molar-refractivity contribution in [1.29, 1.82) is 0 Å². The van der Waals surface area contributed by atoms with Gasteiger partial charge in [0.2, 0.25) is 0 Å². The first-order valence-corrected chi connectivity index (χ1v) is 6.11. The summed E-state index contributed by atoms with van der Waals surface area (Å²) in [6.45, 7) is 1.86. The Labute approximate surface area is 113 Å². The minimum Gasteiger partial charge on any atom is -0.504 e. The molecule has 2 rings (SSSR count). The lowest BCUT2D eigenvalue weighted by molar-refractivity contribution is 0.371. The van der Waals surface area contributed by atoms with Crippen molar-refractivity contribution in [2.75, 3.05) is 12.8 Å². The lowest BCUT2D eigenvalue weighted by Crippen LogP contribution is -1.96. The number of rotatable bonds is 2. The first-order chi connectivity index (χ1) is 8.45. The second kappa shape index (κ2) is 4.53. The number of phenols is 1. The topological polar surface area (TPSA) is 73.3 Å². The van der Waals surface area contributed by atoms with E-state index < -0.39 is 0 Å². The van der Waals surface area contributed by atoms with Crippen LogP contribution in [0.25, 0.3) is 11.3 Å². The summed E-state index contributed by atoms with van der Waals surface area (Å²) >= 11 is 3.44. The predicted molar refractivity (Wildman–Crippen MR) is 73.7 cm³/mol. The highest BCUT2D eigenvalue weighted by atomic mass is 79.9. The number of aryl methyl sites for hydroxylation is 1. The molecule has 0 unspecified atom stereocenters. The first kappa shape index (κ1) is 12.8. The predicted octanol–water partition coefficient (Wildman–Crippen LogP) is 2.45. The van der Waals surface area contributed by atoms with Gasteiger partial charge in [0, 0.05) is 28.7 Å².